The number of hydrogen-bond donors (Lipinski definition) is 1. The zero-order valence-electron chi connectivity index (χ0n) is 19.0. The van der Waals surface area contributed by atoms with Crippen LogP contribution in [0.25, 0.3) is 0 Å². The Morgan fingerprint density at radius 2 is 1.73 bits per heavy atom. The van der Waals surface area contributed by atoms with Gasteiger partial charge in [0.25, 0.3) is 0 Å². The van der Waals surface area contributed by atoms with Crippen LogP contribution < -0.4 is 15.1 Å². The molecule has 2 aromatic heterocycles. The average Bonchev–Trinajstić information content (AvgIpc) is 3.59. The molecule has 1 fully saturated rings. The number of thiazole rings is 1. The average molecular weight is 536 g/mol. The van der Waals surface area contributed by atoms with Crippen molar-refractivity contribution in [3.05, 3.63) is 99.1 Å². The van der Waals surface area contributed by atoms with E-state index in [1.807, 2.05) is 0 Å². The molecule has 3 atom stereocenters. The second-order valence-corrected chi connectivity index (χ2v) is 10.7. The Morgan fingerprint density at radius 1 is 0.973 bits per heavy atom. The summed E-state index contributed by atoms with van der Waals surface area (Å²) in [5.74, 6) is -2.60. The second kappa shape index (κ2) is 9.16. The first-order valence-electron chi connectivity index (χ1n) is 11.3. The highest BCUT2D eigenvalue weighted by Gasteiger charge is 2.57. The van der Waals surface area contributed by atoms with Gasteiger partial charge >= 0.3 is 4.87 Å². The quantitative estimate of drug-likeness (QED) is 0.387. The first kappa shape index (κ1) is 23.4. The highest BCUT2D eigenvalue weighted by molar-refractivity contribution is 8.00. The highest BCUT2D eigenvalue weighted by Crippen LogP contribution is 2.53. The normalized spacial score (nSPS) is 20.6. The number of benzene rings is 2. The van der Waals surface area contributed by atoms with Gasteiger partial charge in [-0.1, -0.05) is 41.3 Å². The Bertz CT molecular complexity index is 1560. The number of thioether (sulfide) groups is 1. The maximum Gasteiger partial charge on any atom is 0.308 e. The van der Waals surface area contributed by atoms with Gasteiger partial charge in [-0.2, -0.15) is 0 Å². The van der Waals surface area contributed by atoms with Crippen LogP contribution >= 0.6 is 23.1 Å². The van der Waals surface area contributed by atoms with E-state index in [4.69, 9.17) is 4.42 Å². The maximum absolute atomic E-state index is 13.6. The van der Waals surface area contributed by atoms with Crippen molar-refractivity contribution in [1.29, 1.82) is 0 Å². The lowest BCUT2D eigenvalue weighted by atomic mass is 9.87. The lowest BCUT2D eigenvalue weighted by Gasteiger charge is -2.29. The van der Waals surface area contributed by atoms with Crippen molar-refractivity contribution in [1.82, 2.24) is 4.57 Å². The highest BCUT2D eigenvalue weighted by atomic mass is 32.2. The number of hydrogen-bond acceptors (Lipinski definition) is 7. The van der Waals surface area contributed by atoms with Crippen LogP contribution in [0.3, 0.4) is 0 Å². The molecule has 0 radical (unpaired) electrons. The molecule has 186 valence electrons. The molecule has 0 bridgehead atoms. The fourth-order valence-corrected chi connectivity index (χ4v) is 7.49. The summed E-state index contributed by atoms with van der Waals surface area (Å²) < 4.78 is 20.2. The molecule has 2 aromatic carbocycles. The summed E-state index contributed by atoms with van der Waals surface area (Å²) in [7, 11) is 0. The molecule has 2 aliphatic rings. The molecular formula is C26H18FN3O5S2. The predicted octanol–water partition coefficient (Wildman–Crippen LogP) is 4.08. The molecule has 11 heteroatoms. The van der Waals surface area contributed by atoms with Crippen molar-refractivity contribution in [2.45, 2.75) is 22.7 Å². The second-order valence-electron chi connectivity index (χ2n) is 8.58. The number of anilines is 2. The van der Waals surface area contributed by atoms with E-state index in [-0.39, 0.29) is 23.2 Å². The molecule has 0 saturated carbocycles. The summed E-state index contributed by atoms with van der Waals surface area (Å²) in [5.41, 5.74) is 0.866. The summed E-state index contributed by atoms with van der Waals surface area (Å²) in [6, 6.07) is 17.4. The third-order valence-corrected chi connectivity index (χ3v) is 8.95. The summed E-state index contributed by atoms with van der Waals surface area (Å²) in [5, 5.41) is 2.32. The van der Waals surface area contributed by atoms with Crippen LogP contribution in [-0.4, -0.2) is 27.5 Å². The standard InChI is InChI=1S/C26H18FN3O5S2/c27-14-8-10-15(11-9-14)28-18(31)13-29-25-22(37-26(29)34)19(17-7-4-12-35-17)20-21(36-25)24(33)30(23(20)32)16-5-2-1-3-6-16/h1-12,19-21H,13H2,(H,28,31). The number of nitrogens with one attached hydrogen (secondary N) is 1. The smallest absolute Gasteiger partial charge is 0.308 e. The number of rotatable bonds is 5. The van der Waals surface area contributed by atoms with Gasteiger partial charge in [0, 0.05) is 5.69 Å². The van der Waals surface area contributed by atoms with Crippen molar-refractivity contribution in [2.75, 3.05) is 10.2 Å². The van der Waals surface area contributed by atoms with Crippen LogP contribution in [0.15, 0.2) is 87.2 Å². The number of aromatic nitrogens is 1. The van der Waals surface area contributed by atoms with Crippen molar-refractivity contribution in [3.63, 3.8) is 0 Å². The lowest BCUT2D eigenvalue weighted by molar-refractivity contribution is -0.122. The third-order valence-electron chi connectivity index (χ3n) is 6.34. The lowest BCUT2D eigenvalue weighted by Crippen LogP contribution is -2.32. The summed E-state index contributed by atoms with van der Waals surface area (Å²) in [4.78, 5) is 54.4. The van der Waals surface area contributed by atoms with E-state index in [0.717, 1.165) is 23.1 Å². The molecule has 4 aromatic rings. The van der Waals surface area contributed by atoms with Crippen LogP contribution in [0, 0.1) is 11.7 Å². The van der Waals surface area contributed by atoms with E-state index in [1.165, 1.54) is 40.0 Å². The first-order valence-corrected chi connectivity index (χ1v) is 13.0. The molecule has 2 aliphatic heterocycles. The van der Waals surface area contributed by atoms with E-state index in [9.17, 15) is 23.6 Å². The van der Waals surface area contributed by atoms with Crippen molar-refractivity contribution < 1.29 is 23.2 Å². The van der Waals surface area contributed by atoms with Gasteiger partial charge in [0.2, 0.25) is 17.7 Å². The van der Waals surface area contributed by atoms with Crippen molar-refractivity contribution >= 4 is 52.2 Å². The Morgan fingerprint density at radius 3 is 2.43 bits per heavy atom. The van der Waals surface area contributed by atoms with Gasteiger partial charge < -0.3 is 9.73 Å². The van der Waals surface area contributed by atoms with Gasteiger partial charge in [0.05, 0.1) is 33.7 Å². The minimum atomic E-state index is -0.796. The van der Waals surface area contributed by atoms with Crippen LogP contribution in [0.2, 0.25) is 0 Å². The number of amides is 3. The summed E-state index contributed by atoms with van der Waals surface area (Å²) >= 11 is 2.06. The van der Waals surface area contributed by atoms with Crippen LogP contribution in [0.1, 0.15) is 16.6 Å². The molecule has 4 heterocycles. The Hall–Kier alpha value is -3.96. The number of nitrogens with zero attached hydrogens (tertiary/aromatic N) is 2. The largest absolute Gasteiger partial charge is 0.469 e. The van der Waals surface area contributed by atoms with E-state index in [2.05, 4.69) is 5.32 Å². The summed E-state index contributed by atoms with van der Waals surface area (Å²) in [6.45, 7) is -0.304. The molecule has 1 N–H and O–H groups in total. The van der Waals surface area contributed by atoms with E-state index >= 15 is 0 Å². The van der Waals surface area contributed by atoms with Gasteiger partial charge in [-0.15, -0.1) is 0 Å². The van der Waals surface area contributed by atoms with Gasteiger partial charge in [-0.05, 0) is 48.5 Å². The minimum absolute atomic E-state index is 0.304. The number of fused-ring (bicyclic) bond motifs is 2. The number of furan rings is 1. The molecule has 0 spiro atoms. The van der Waals surface area contributed by atoms with Crippen molar-refractivity contribution in [3.8, 4) is 0 Å². The van der Waals surface area contributed by atoms with Crippen molar-refractivity contribution in [2.24, 2.45) is 5.92 Å². The third kappa shape index (κ3) is 4.00. The topological polar surface area (TPSA) is 102 Å². The molecule has 3 unspecified atom stereocenters. The van der Waals surface area contributed by atoms with Gasteiger partial charge in [-0.3, -0.25) is 23.7 Å². The van der Waals surface area contributed by atoms with E-state index < -0.39 is 28.8 Å². The van der Waals surface area contributed by atoms with Gasteiger partial charge in [-0.25, -0.2) is 9.29 Å². The van der Waals surface area contributed by atoms with Gasteiger partial charge in [0.1, 0.15) is 23.4 Å². The predicted molar refractivity (Wildman–Crippen MR) is 136 cm³/mol. The molecule has 0 aliphatic carbocycles. The monoisotopic (exact) mass is 535 g/mol. The Kier molecular flexibility index (Phi) is 5.81. The number of para-hydroxylation sites is 1. The minimum Gasteiger partial charge on any atom is -0.469 e. The fraction of sp³-hybridized carbons (Fsp3) is 0.154. The maximum atomic E-state index is 13.6. The van der Waals surface area contributed by atoms with E-state index in [1.54, 1.807) is 42.5 Å². The SMILES string of the molecule is O=C(Cn1c2c(sc1=O)C(c1ccco1)C1C(=O)N(c3ccccc3)C(=O)C1S2)Nc1ccc(F)cc1. The number of carbonyl (C=O) groups excluding carboxylic acids is 3. The molecule has 8 nitrogen and oxygen atoms in total. The van der Waals surface area contributed by atoms with Crippen LogP contribution in [0.5, 0.6) is 0 Å². The molecule has 6 rings (SSSR count). The van der Waals surface area contributed by atoms with Gasteiger partial charge in [0.15, 0.2) is 0 Å². The first-order chi connectivity index (χ1) is 17.9. The number of imide groups is 1. The molecule has 37 heavy (non-hydrogen) atoms. The zero-order chi connectivity index (χ0) is 25.7. The Labute approximate surface area is 217 Å². The molecule has 1 saturated heterocycles. The number of carbonyl (C=O) groups is 3. The van der Waals surface area contributed by atoms with E-state index in [0.29, 0.717) is 27.0 Å². The summed E-state index contributed by atoms with van der Waals surface area (Å²) in [6.07, 6.45) is 1.48. The van der Waals surface area contributed by atoms with Crippen LogP contribution in [0.4, 0.5) is 15.8 Å². The fourth-order valence-electron chi connectivity index (χ4n) is 4.74. The molecule has 3 amide bonds. The Balaban J connectivity index is 1.38. The van der Waals surface area contributed by atoms with Crippen LogP contribution in [-0.2, 0) is 20.9 Å². The number of halogens is 1. The molecular weight excluding hydrogens is 517 g/mol. The zero-order valence-corrected chi connectivity index (χ0v) is 20.6.